The lowest BCUT2D eigenvalue weighted by Gasteiger charge is -2.31. The van der Waals surface area contributed by atoms with Crippen molar-refractivity contribution < 1.29 is 131 Å². The predicted molar refractivity (Wildman–Crippen MR) is 463 cm³/mol. The van der Waals surface area contributed by atoms with E-state index in [4.69, 9.17) is 17.2 Å². The zero-order valence-electron chi connectivity index (χ0n) is 76.9. The van der Waals surface area contributed by atoms with Crippen LogP contribution in [0, 0.1) is 35.5 Å². The van der Waals surface area contributed by atoms with Gasteiger partial charge in [0.15, 0.2) is 0 Å². The number of aliphatic carboxylic acids is 3. The predicted octanol–water partition coefficient (Wildman–Crippen LogP) is -8.45. The molecule has 1 aliphatic rings. The molecule has 28 N–H and O–H groups in total. The summed E-state index contributed by atoms with van der Waals surface area (Å²) in [5.41, 5.74) is 17.1. The Morgan fingerprint density at radius 1 is 0.377 bits per heavy atom. The summed E-state index contributed by atoms with van der Waals surface area (Å²) in [5.74, 6) is -26.2. The second kappa shape index (κ2) is 57.6. The highest BCUT2D eigenvalue weighted by Gasteiger charge is 2.43. The minimum Gasteiger partial charge on any atom is -0.481 e. The lowest BCUT2D eigenvalue weighted by molar-refractivity contribution is -0.143. The van der Waals surface area contributed by atoms with Crippen molar-refractivity contribution in [3.8, 4) is 0 Å². The molecule has 0 spiro atoms. The molecule has 0 aromatic carbocycles. The molecule has 19 atom stereocenters. The molecule has 1 saturated heterocycles. The van der Waals surface area contributed by atoms with E-state index in [0.717, 1.165) is 20.8 Å². The maximum atomic E-state index is 14.0. The molecule has 1 aliphatic heterocycles. The van der Waals surface area contributed by atoms with Crippen molar-refractivity contribution in [1.82, 2.24) is 101 Å². The van der Waals surface area contributed by atoms with Crippen LogP contribution in [0.5, 0.6) is 0 Å². The largest absolute Gasteiger partial charge is 0.481 e. The number of nitrogens with zero attached hydrogens (tertiary/aromatic N) is 1. The monoisotopic (exact) mass is 1850 g/mol. The van der Waals surface area contributed by atoms with Crippen LogP contribution in [-0.2, 0) is 110 Å². The molecular formula is C81H138N22O27. The number of carboxylic acid groups (broad SMARTS) is 3. The van der Waals surface area contributed by atoms with Crippen LogP contribution in [0.15, 0.2) is 0 Å². The van der Waals surface area contributed by atoms with E-state index in [1.807, 2.05) is 0 Å². The van der Waals surface area contributed by atoms with Crippen molar-refractivity contribution in [2.45, 2.75) is 297 Å². The number of primary amides is 1. The Balaban J connectivity index is 3.06. The minimum absolute atomic E-state index is 0.0434. The number of carbonyl (C=O) groups is 23. The van der Waals surface area contributed by atoms with Gasteiger partial charge in [0.1, 0.15) is 96.7 Å². The molecule has 130 heavy (non-hydrogen) atoms. The first-order valence-corrected chi connectivity index (χ1v) is 43.3. The molecule has 0 radical (unpaired) electrons. The highest BCUT2D eigenvalue weighted by molar-refractivity contribution is 6.02. The number of aliphatic hydroxyl groups excluding tert-OH is 1. The van der Waals surface area contributed by atoms with Gasteiger partial charge in [0.05, 0.1) is 45.1 Å². The first-order chi connectivity index (χ1) is 60.6. The number of unbranched alkanes of at least 4 members (excludes halogenated alkanes) is 1. The standard InChI is InChI=1S/C81H138N22O27/c1-18-40(11)63(100-57(108)34-86-76(124)61(38(7)8)99-56(107)33-85-69(117)49(29-36(3)4)95-67(115)44(15)91-79(127)64(41(12)19-2)102-74(122)53-24-22-28-103(53)80(128)51(30-54(83)105)97-75(123)60(84)37(5)6)77(125)87-32-55(106)93-47(23-20-21-27-82)70(118)89-42(13)65(113)88-43(14)66(114)96-50(31-59(111)112)72(120)90-45(16)68(116)101-62(39(9)10)78(126)98-52(35-104)73(121)94-48(25-26-58(109)110)71(119)92-46(17)81(129)130/h36-53,60-64,104H,18-35,82,84H2,1-17H3,(H2,83,105)(H,85,117)(H,86,124)(H,87,125)(H,88,113)(H,89,118)(H,90,120)(H,91,127)(H,92,119)(H,93,106)(H,94,121)(H,95,115)(H,96,114)(H,97,123)(H,98,126)(H,99,107)(H,100,108)(H,101,116)(H,102,122)(H,109,110)(H,111,112)(H,129,130)/t40-,41-,42-,43-,44-,45-,46-,47-,48-,49-,50-,51-,52-,53-,60-,61-,62-,63-,64-/m0/s1. The Kier molecular flexibility index (Phi) is 51.2. The second-order valence-corrected chi connectivity index (χ2v) is 33.6. The average Bonchev–Trinajstić information content (AvgIpc) is 1.67. The van der Waals surface area contributed by atoms with Gasteiger partial charge in [-0.15, -0.1) is 0 Å². The number of hydrogen-bond acceptors (Lipinski definition) is 26. The molecule has 0 bridgehead atoms. The molecular weight excluding hydrogens is 1710 g/mol. The fraction of sp³-hybridized carbons (Fsp3) is 0.716. The molecule has 0 aromatic heterocycles. The normalized spacial score (nSPS) is 16.5. The summed E-state index contributed by atoms with van der Waals surface area (Å²) in [6.07, 6.45) is -1.07. The highest BCUT2D eigenvalue weighted by atomic mass is 16.4. The Labute approximate surface area is 753 Å². The van der Waals surface area contributed by atoms with Crippen molar-refractivity contribution in [2.75, 3.05) is 39.3 Å². The van der Waals surface area contributed by atoms with Crippen molar-refractivity contribution in [2.24, 2.45) is 52.7 Å². The Hall–Kier alpha value is -12.3. The molecule has 20 amide bonds. The summed E-state index contributed by atoms with van der Waals surface area (Å²) < 4.78 is 0. The molecule has 0 aromatic rings. The van der Waals surface area contributed by atoms with Crippen LogP contribution in [0.4, 0.5) is 0 Å². The smallest absolute Gasteiger partial charge is 0.325 e. The number of carboxylic acids is 3. The fourth-order valence-corrected chi connectivity index (χ4v) is 12.6. The maximum Gasteiger partial charge on any atom is 0.325 e. The van der Waals surface area contributed by atoms with E-state index in [-0.39, 0.29) is 50.6 Å². The SMILES string of the molecule is CC[C@H](C)[C@H](NC(=O)CNC(=O)[C@@H](NC(=O)CNC(=O)[C@H](CC(C)C)NC(=O)[C@H](C)NC(=O)[C@@H](NC(=O)[C@@H]1CCCN1C(=O)[C@H](CC(N)=O)NC(=O)[C@@H](N)C(C)C)[C@@H](C)CC)C(C)C)C(=O)NCC(=O)N[C@@H](CCCCN)C(=O)N[C@@H](C)C(=O)N[C@@H](C)C(=O)N[C@@H](CC(=O)O)C(=O)N[C@@H](C)C(=O)N[C@H](C(=O)N[C@@H](CO)C(=O)N[C@@H](CCC(=O)O)C(=O)N[C@@H](C)C(=O)O)C(C)C. The van der Waals surface area contributed by atoms with Gasteiger partial charge >= 0.3 is 17.9 Å². The lowest BCUT2D eigenvalue weighted by atomic mass is 9.97. The van der Waals surface area contributed by atoms with Crippen LogP contribution in [0.25, 0.3) is 0 Å². The van der Waals surface area contributed by atoms with E-state index in [1.54, 1.807) is 69.2 Å². The summed E-state index contributed by atoms with van der Waals surface area (Å²) in [4.78, 5) is 305. The molecule has 49 heteroatoms. The van der Waals surface area contributed by atoms with Crippen LogP contribution in [-0.4, -0.2) is 303 Å². The number of nitrogens with one attached hydrogen (secondary N) is 18. The van der Waals surface area contributed by atoms with E-state index < -0.39 is 314 Å². The van der Waals surface area contributed by atoms with Gasteiger partial charge in [-0.25, -0.2) is 0 Å². The molecule has 1 heterocycles. The van der Waals surface area contributed by atoms with Gasteiger partial charge in [-0.2, -0.15) is 0 Å². The number of nitrogens with two attached hydrogens (primary N) is 3. The van der Waals surface area contributed by atoms with Crippen molar-refractivity contribution in [3.05, 3.63) is 0 Å². The van der Waals surface area contributed by atoms with Gasteiger partial charge < -0.3 is 138 Å². The number of rotatable bonds is 59. The van der Waals surface area contributed by atoms with Crippen molar-refractivity contribution in [1.29, 1.82) is 0 Å². The van der Waals surface area contributed by atoms with E-state index in [0.29, 0.717) is 25.7 Å². The van der Waals surface area contributed by atoms with Crippen LogP contribution < -0.4 is 113 Å². The van der Waals surface area contributed by atoms with Crippen LogP contribution in [0.2, 0.25) is 0 Å². The van der Waals surface area contributed by atoms with Gasteiger partial charge in [0.2, 0.25) is 118 Å². The summed E-state index contributed by atoms with van der Waals surface area (Å²) in [7, 11) is 0. The molecule has 734 valence electrons. The quantitative estimate of drug-likeness (QED) is 0.0252. The first kappa shape index (κ1) is 116. The van der Waals surface area contributed by atoms with Gasteiger partial charge in [-0.3, -0.25) is 110 Å². The van der Waals surface area contributed by atoms with Gasteiger partial charge in [-0.05, 0) is 122 Å². The van der Waals surface area contributed by atoms with E-state index in [9.17, 15) is 131 Å². The van der Waals surface area contributed by atoms with E-state index >= 15 is 0 Å². The van der Waals surface area contributed by atoms with Gasteiger partial charge in [0.25, 0.3) is 0 Å². The zero-order chi connectivity index (χ0) is 99.6. The molecule has 1 rings (SSSR count). The number of amides is 20. The van der Waals surface area contributed by atoms with E-state index in [1.165, 1.54) is 32.6 Å². The summed E-state index contributed by atoms with van der Waals surface area (Å²) >= 11 is 0. The van der Waals surface area contributed by atoms with Crippen LogP contribution in [0.3, 0.4) is 0 Å². The third-order valence-corrected chi connectivity index (χ3v) is 21.0. The minimum atomic E-state index is -1.93. The van der Waals surface area contributed by atoms with Gasteiger partial charge in [0, 0.05) is 13.0 Å². The van der Waals surface area contributed by atoms with Crippen LogP contribution in [0.1, 0.15) is 195 Å². The average molecular weight is 1850 g/mol. The third kappa shape index (κ3) is 41.0. The Morgan fingerprint density at radius 2 is 0.769 bits per heavy atom. The first-order valence-electron chi connectivity index (χ1n) is 43.3. The zero-order valence-corrected chi connectivity index (χ0v) is 76.9. The van der Waals surface area contributed by atoms with E-state index in [2.05, 4.69) is 95.7 Å². The maximum absolute atomic E-state index is 14.0. The number of aliphatic hydroxyl groups is 1. The molecule has 1 fully saturated rings. The third-order valence-electron chi connectivity index (χ3n) is 21.0. The number of hydrogen-bond donors (Lipinski definition) is 25. The summed E-state index contributed by atoms with van der Waals surface area (Å²) in [6.45, 7) is 22.5. The topological polar surface area (TPSA) is 771 Å². The number of carbonyl (C=O) groups excluding carboxylic acids is 20. The summed E-state index contributed by atoms with van der Waals surface area (Å²) in [6, 6.07) is -24.4. The highest BCUT2D eigenvalue weighted by Crippen LogP contribution is 2.22. The lowest BCUT2D eigenvalue weighted by Crippen LogP contribution is -2.61. The van der Waals surface area contributed by atoms with Gasteiger partial charge in [-0.1, -0.05) is 95.9 Å². The summed E-state index contributed by atoms with van der Waals surface area (Å²) in [5, 5.41) is 81.1. The van der Waals surface area contributed by atoms with Crippen molar-refractivity contribution >= 4 is 136 Å². The molecule has 0 unspecified atom stereocenters. The fourth-order valence-electron chi connectivity index (χ4n) is 12.6. The van der Waals surface area contributed by atoms with Crippen LogP contribution >= 0.6 is 0 Å². The number of likely N-dealkylation sites (tertiary alicyclic amines) is 1. The Bertz CT molecular complexity index is 3980. The molecule has 0 aliphatic carbocycles. The Morgan fingerprint density at radius 3 is 1.23 bits per heavy atom. The molecule has 49 nitrogen and oxygen atoms in total. The molecule has 0 saturated carbocycles. The van der Waals surface area contributed by atoms with Crippen molar-refractivity contribution in [3.63, 3.8) is 0 Å². The second-order valence-electron chi connectivity index (χ2n) is 33.6.